The van der Waals surface area contributed by atoms with Gasteiger partial charge in [-0.1, -0.05) is 18.2 Å². The van der Waals surface area contributed by atoms with Crippen molar-refractivity contribution in [1.29, 1.82) is 0 Å². The van der Waals surface area contributed by atoms with E-state index < -0.39 is 18.5 Å². The summed E-state index contributed by atoms with van der Waals surface area (Å²) < 4.78 is 0. The lowest BCUT2D eigenvalue weighted by Gasteiger charge is -2.06. The molecular formula is C12H10N2O4. The topological polar surface area (TPSA) is 88.5 Å². The number of rotatable bonds is 4. The van der Waals surface area contributed by atoms with Crippen LogP contribution in [0.4, 0.5) is 0 Å². The number of carbonyl (C=O) groups is 2. The Hall–Kier alpha value is -2.47. The van der Waals surface area contributed by atoms with Crippen LogP contribution in [-0.2, 0) is 9.63 Å². The predicted octanol–water partition coefficient (Wildman–Crippen LogP) is 0.981. The van der Waals surface area contributed by atoms with Crippen molar-refractivity contribution in [3.63, 3.8) is 0 Å². The minimum atomic E-state index is -1.16. The number of para-hydroxylation sites is 1. The van der Waals surface area contributed by atoms with Gasteiger partial charge in [-0.2, -0.15) is 0 Å². The summed E-state index contributed by atoms with van der Waals surface area (Å²) in [4.78, 5) is 30.7. The predicted molar refractivity (Wildman–Crippen MR) is 62.8 cm³/mol. The van der Waals surface area contributed by atoms with Crippen molar-refractivity contribution < 1.29 is 19.5 Å². The van der Waals surface area contributed by atoms with Crippen molar-refractivity contribution in [2.24, 2.45) is 0 Å². The number of amides is 1. The van der Waals surface area contributed by atoms with Crippen LogP contribution in [0.2, 0.25) is 0 Å². The average Bonchev–Trinajstić information content (AvgIpc) is 2.37. The number of nitrogens with one attached hydrogen (secondary N) is 1. The normalized spacial score (nSPS) is 10.2. The van der Waals surface area contributed by atoms with Gasteiger partial charge in [0.25, 0.3) is 5.91 Å². The van der Waals surface area contributed by atoms with E-state index in [2.05, 4.69) is 15.3 Å². The Labute approximate surface area is 102 Å². The highest BCUT2D eigenvalue weighted by atomic mass is 16.7. The zero-order valence-electron chi connectivity index (χ0n) is 9.29. The van der Waals surface area contributed by atoms with E-state index in [4.69, 9.17) is 5.11 Å². The third-order valence-electron chi connectivity index (χ3n) is 2.25. The number of carboxylic acid groups (broad SMARTS) is 1. The number of carboxylic acids is 1. The monoisotopic (exact) mass is 246 g/mol. The number of fused-ring (bicyclic) bond motifs is 1. The fourth-order valence-corrected chi connectivity index (χ4v) is 1.51. The summed E-state index contributed by atoms with van der Waals surface area (Å²) in [5.41, 5.74) is 3.14. The molecule has 0 unspecified atom stereocenters. The van der Waals surface area contributed by atoms with Crippen molar-refractivity contribution in [2.45, 2.75) is 0 Å². The molecule has 0 saturated heterocycles. The summed E-state index contributed by atoms with van der Waals surface area (Å²) in [7, 11) is 0. The summed E-state index contributed by atoms with van der Waals surface area (Å²) in [5, 5.41) is 9.06. The van der Waals surface area contributed by atoms with Gasteiger partial charge in [0.15, 0.2) is 6.61 Å². The molecule has 1 amide bonds. The first-order valence-electron chi connectivity index (χ1n) is 5.16. The fraction of sp³-hybridized carbons (Fsp3) is 0.0833. The van der Waals surface area contributed by atoms with E-state index in [1.165, 1.54) is 6.20 Å². The van der Waals surface area contributed by atoms with E-state index in [1.54, 1.807) is 24.3 Å². The molecule has 0 aliphatic rings. The lowest BCUT2D eigenvalue weighted by Crippen LogP contribution is -2.26. The van der Waals surface area contributed by atoms with E-state index in [-0.39, 0.29) is 0 Å². The summed E-state index contributed by atoms with van der Waals surface area (Å²) in [6, 6.07) is 8.69. The molecule has 2 rings (SSSR count). The van der Waals surface area contributed by atoms with Crippen LogP contribution in [-0.4, -0.2) is 28.6 Å². The number of aromatic nitrogens is 1. The molecule has 0 saturated carbocycles. The quantitative estimate of drug-likeness (QED) is 0.785. The minimum Gasteiger partial charge on any atom is -0.479 e. The first kappa shape index (κ1) is 12.0. The molecule has 6 nitrogen and oxygen atoms in total. The van der Waals surface area contributed by atoms with Gasteiger partial charge in [-0.3, -0.25) is 14.6 Å². The third-order valence-corrected chi connectivity index (χ3v) is 2.25. The van der Waals surface area contributed by atoms with Gasteiger partial charge in [0.2, 0.25) is 0 Å². The van der Waals surface area contributed by atoms with Gasteiger partial charge in [-0.25, -0.2) is 10.3 Å². The van der Waals surface area contributed by atoms with Gasteiger partial charge in [0.05, 0.1) is 11.1 Å². The van der Waals surface area contributed by atoms with Gasteiger partial charge in [0, 0.05) is 11.6 Å². The maximum Gasteiger partial charge on any atom is 0.332 e. The highest BCUT2D eigenvalue weighted by Crippen LogP contribution is 2.15. The van der Waals surface area contributed by atoms with Crippen LogP contribution in [0.5, 0.6) is 0 Å². The summed E-state index contributed by atoms with van der Waals surface area (Å²) in [5.74, 6) is -1.66. The number of pyridine rings is 1. The van der Waals surface area contributed by atoms with E-state index in [9.17, 15) is 9.59 Å². The van der Waals surface area contributed by atoms with Crippen molar-refractivity contribution in [3.05, 3.63) is 42.1 Å². The van der Waals surface area contributed by atoms with Crippen LogP contribution >= 0.6 is 0 Å². The number of hydroxylamine groups is 1. The standard InChI is InChI=1S/C12H10N2O4/c15-11(16)7-18-14-12(17)9-5-6-13-10-4-2-1-3-8(9)10/h1-6H,7H2,(H,14,17)(H,15,16). The molecular weight excluding hydrogens is 236 g/mol. The van der Waals surface area contributed by atoms with Crippen molar-refractivity contribution in [3.8, 4) is 0 Å². The van der Waals surface area contributed by atoms with E-state index in [0.717, 1.165) is 0 Å². The average molecular weight is 246 g/mol. The molecule has 18 heavy (non-hydrogen) atoms. The van der Waals surface area contributed by atoms with Gasteiger partial charge in [-0.15, -0.1) is 0 Å². The number of benzene rings is 1. The van der Waals surface area contributed by atoms with Crippen LogP contribution in [0.15, 0.2) is 36.5 Å². The van der Waals surface area contributed by atoms with Crippen molar-refractivity contribution >= 4 is 22.8 Å². The molecule has 2 N–H and O–H groups in total. The second kappa shape index (κ2) is 5.24. The number of carbonyl (C=O) groups excluding carboxylic acids is 1. The van der Waals surface area contributed by atoms with Crippen LogP contribution in [0, 0.1) is 0 Å². The summed E-state index contributed by atoms with van der Waals surface area (Å²) in [6.07, 6.45) is 1.51. The van der Waals surface area contributed by atoms with Gasteiger partial charge >= 0.3 is 5.97 Å². The van der Waals surface area contributed by atoms with Crippen LogP contribution in [0.3, 0.4) is 0 Å². The molecule has 0 atom stereocenters. The maximum absolute atomic E-state index is 11.8. The van der Waals surface area contributed by atoms with Gasteiger partial charge in [0.1, 0.15) is 0 Å². The van der Waals surface area contributed by atoms with E-state index >= 15 is 0 Å². The Kier molecular flexibility index (Phi) is 3.49. The molecule has 1 aromatic heterocycles. The van der Waals surface area contributed by atoms with Crippen molar-refractivity contribution in [1.82, 2.24) is 10.5 Å². The Balaban J connectivity index is 2.20. The highest BCUT2D eigenvalue weighted by Gasteiger charge is 2.10. The Morgan fingerprint density at radius 3 is 2.83 bits per heavy atom. The number of hydrogen-bond acceptors (Lipinski definition) is 4. The molecule has 0 aliphatic heterocycles. The lowest BCUT2D eigenvalue weighted by molar-refractivity contribution is -0.144. The first-order chi connectivity index (χ1) is 8.68. The third kappa shape index (κ3) is 2.61. The Morgan fingerprint density at radius 1 is 1.28 bits per heavy atom. The van der Waals surface area contributed by atoms with Gasteiger partial charge < -0.3 is 5.11 Å². The van der Waals surface area contributed by atoms with E-state index in [1.807, 2.05) is 6.07 Å². The smallest absolute Gasteiger partial charge is 0.332 e. The van der Waals surface area contributed by atoms with Crippen molar-refractivity contribution in [2.75, 3.05) is 6.61 Å². The Morgan fingerprint density at radius 2 is 2.06 bits per heavy atom. The van der Waals surface area contributed by atoms with Crippen LogP contribution in [0.1, 0.15) is 10.4 Å². The second-order valence-electron chi connectivity index (χ2n) is 3.49. The second-order valence-corrected chi connectivity index (χ2v) is 3.49. The molecule has 0 bridgehead atoms. The molecule has 0 aliphatic carbocycles. The molecule has 92 valence electrons. The molecule has 1 heterocycles. The molecule has 1 aromatic carbocycles. The molecule has 2 aromatic rings. The van der Waals surface area contributed by atoms with Gasteiger partial charge in [-0.05, 0) is 12.1 Å². The molecule has 0 spiro atoms. The molecule has 0 radical (unpaired) electrons. The van der Waals surface area contributed by atoms with Crippen LogP contribution < -0.4 is 5.48 Å². The number of aliphatic carboxylic acids is 1. The summed E-state index contributed by atoms with van der Waals surface area (Å²) >= 11 is 0. The summed E-state index contributed by atoms with van der Waals surface area (Å²) in [6.45, 7) is -0.589. The molecule has 6 heteroatoms. The SMILES string of the molecule is O=C(O)CONC(=O)c1ccnc2ccccc12. The lowest BCUT2D eigenvalue weighted by atomic mass is 10.1. The zero-order valence-corrected chi connectivity index (χ0v) is 9.29. The van der Waals surface area contributed by atoms with Crippen LogP contribution in [0.25, 0.3) is 10.9 Å². The Bertz CT molecular complexity index is 592. The fourth-order valence-electron chi connectivity index (χ4n) is 1.51. The number of hydrogen-bond donors (Lipinski definition) is 2. The zero-order chi connectivity index (χ0) is 13.0. The molecule has 0 fully saturated rings. The number of nitrogens with zero attached hydrogens (tertiary/aromatic N) is 1. The minimum absolute atomic E-state index is 0.381. The first-order valence-corrected chi connectivity index (χ1v) is 5.16. The van der Waals surface area contributed by atoms with E-state index in [0.29, 0.717) is 16.5 Å². The maximum atomic E-state index is 11.8. The largest absolute Gasteiger partial charge is 0.479 e. The highest BCUT2D eigenvalue weighted by molar-refractivity contribution is 6.05.